The van der Waals surface area contributed by atoms with Gasteiger partial charge in [0.2, 0.25) is 11.8 Å². The summed E-state index contributed by atoms with van der Waals surface area (Å²) in [6.07, 6.45) is 0.536. The number of aliphatic hydroxyl groups is 1. The maximum Gasteiger partial charge on any atom is 0.408 e. The molecule has 9 heteroatoms. The minimum atomic E-state index is -1.28. The van der Waals surface area contributed by atoms with Crippen LogP contribution in [-0.2, 0) is 14.3 Å². The summed E-state index contributed by atoms with van der Waals surface area (Å²) in [6.45, 7) is 10.2. The number of carbonyl (C=O) groups excluding carboxylic acids is 3. The van der Waals surface area contributed by atoms with Gasteiger partial charge in [-0.1, -0.05) is 25.5 Å². The summed E-state index contributed by atoms with van der Waals surface area (Å²) in [5.74, 6) is -0.976. The van der Waals surface area contributed by atoms with E-state index in [0.717, 1.165) is 6.42 Å². The average molecular weight is 452 g/mol. The molecule has 32 heavy (non-hydrogen) atoms. The number of aliphatic hydroxyl groups excluding tert-OH is 1. The number of rotatable bonds is 10. The topological polar surface area (TPSA) is 128 Å². The highest BCUT2D eigenvalue weighted by molar-refractivity contribution is 5.92. The van der Waals surface area contributed by atoms with E-state index in [1.54, 1.807) is 32.9 Å². The van der Waals surface area contributed by atoms with E-state index < -0.39 is 42.2 Å². The molecule has 1 rings (SSSR count). The van der Waals surface area contributed by atoms with E-state index in [4.69, 9.17) is 4.74 Å². The number of aromatic hydroxyl groups is 1. The molecule has 0 saturated carbocycles. The summed E-state index contributed by atoms with van der Waals surface area (Å²) in [5, 5.41) is 24.7. The van der Waals surface area contributed by atoms with E-state index in [2.05, 4.69) is 10.6 Å². The van der Waals surface area contributed by atoms with E-state index in [9.17, 15) is 24.6 Å². The summed E-state index contributed by atoms with van der Waals surface area (Å²) in [6, 6.07) is 3.56. The van der Waals surface area contributed by atoms with Crippen molar-refractivity contribution >= 4 is 17.9 Å². The lowest BCUT2D eigenvalue weighted by molar-refractivity contribution is -0.143. The second kappa shape index (κ2) is 12.3. The molecule has 0 aromatic heterocycles. The van der Waals surface area contributed by atoms with Crippen molar-refractivity contribution in [2.75, 3.05) is 13.2 Å². The Bertz CT molecular complexity index is 758. The zero-order valence-corrected chi connectivity index (χ0v) is 19.8. The van der Waals surface area contributed by atoms with Gasteiger partial charge in [-0.15, -0.1) is 0 Å². The summed E-state index contributed by atoms with van der Waals surface area (Å²) >= 11 is 0. The van der Waals surface area contributed by atoms with Gasteiger partial charge < -0.3 is 30.5 Å². The van der Waals surface area contributed by atoms with Crippen LogP contribution in [0.2, 0.25) is 0 Å². The number of phenols is 1. The van der Waals surface area contributed by atoms with Crippen molar-refractivity contribution in [3.05, 3.63) is 29.8 Å². The predicted octanol–water partition coefficient (Wildman–Crippen LogP) is 2.47. The monoisotopic (exact) mass is 451 g/mol. The fraction of sp³-hybridized carbons (Fsp3) is 0.609. The molecule has 0 saturated heterocycles. The first-order valence-electron chi connectivity index (χ1n) is 10.9. The summed E-state index contributed by atoms with van der Waals surface area (Å²) in [7, 11) is 0. The fourth-order valence-corrected chi connectivity index (χ4v) is 3.02. The summed E-state index contributed by atoms with van der Waals surface area (Å²) < 4.78 is 5.20. The van der Waals surface area contributed by atoms with Crippen LogP contribution in [0.1, 0.15) is 66.0 Å². The smallest absolute Gasteiger partial charge is 0.408 e. The quantitative estimate of drug-likeness (QED) is 0.433. The molecule has 1 aromatic carbocycles. The molecule has 2 atom stereocenters. The molecule has 180 valence electrons. The normalized spacial score (nSPS) is 13.2. The fourth-order valence-electron chi connectivity index (χ4n) is 3.02. The highest BCUT2D eigenvalue weighted by Gasteiger charge is 2.36. The Morgan fingerprint density at radius 2 is 1.69 bits per heavy atom. The number of phenolic OH excluding ortho intramolecular Hbond substituents is 1. The van der Waals surface area contributed by atoms with Crippen LogP contribution in [-0.4, -0.2) is 63.9 Å². The molecule has 1 aromatic rings. The van der Waals surface area contributed by atoms with Crippen molar-refractivity contribution in [3.63, 3.8) is 0 Å². The van der Waals surface area contributed by atoms with Crippen LogP contribution in [0.3, 0.4) is 0 Å². The van der Waals surface area contributed by atoms with Gasteiger partial charge in [-0.05, 0) is 58.7 Å². The number of alkyl carbamates (subject to hydrolysis) is 1. The van der Waals surface area contributed by atoms with Crippen LogP contribution >= 0.6 is 0 Å². The molecule has 0 spiro atoms. The number of unbranched alkanes of at least 4 members (excludes halogenated alkanes) is 1. The molecule has 0 aliphatic rings. The predicted molar refractivity (Wildman–Crippen MR) is 121 cm³/mol. The Kier molecular flexibility index (Phi) is 10.5. The number of hydrogen-bond donors (Lipinski definition) is 4. The minimum Gasteiger partial charge on any atom is -0.508 e. The minimum absolute atomic E-state index is 0.0306. The van der Waals surface area contributed by atoms with Crippen LogP contribution < -0.4 is 10.6 Å². The Hall–Kier alpha value is -2.81. The van der Waals surface area contributed by atoms with Gasteiger partial charge in [0.05, 0.1) is 6.61 Å². The highest BCUT2D eigenvalue weighted by Crippen LogP contribution is 2.25. The second-order valence-electron chi connectivity index (χ2n) is 8.92. The molecule has 0 fully saturated rings. The molecule has 0 radical (unpaired) electrons. The van der Waals surface area contributed by atoms with Crippen molar-refractivity contribution in [1.82, 2.24) is 15.5 Å². The van der Waals surface area contributed by atoms with Crippen LogP contribution in [0.4, 0.5) is 4.79 Å². The second-order valence-corrected chi connectivity index (χ2v) is 8.92. The standard InChI is InChI=1S/C23H37N3O6/c1-7-8-13-26(21(30)18(14-27)25-22(31)32-23(4,5)6)19(20(29)24-15(2)3)16-9-11-17(28)12-10-16/h9-12,15,18-19,27-28H,7-8,13-14H2,1-6H3,(H,24,29)(H,25,31). The molecule has 2 unspecified atom stereocenters. The van der Waals surface area contributed by atoms with Gasteiger partial charge >= 0.3 is 6.09 Å². The van der Waals surface area contributed by atoms with Gasteiger partial charge in [-0.25, -0.2) is 4.79 Å². The molecular weight excluding hydrogens is 414 g/mol. The van der Waals surface area contributed by atoms with Gasteiger partial charge in [-0.2, -0.15) is 0 Å². The molecule has 0 aliphatic carbocycles. The van der Waals surface area contributed by atoms with Gasteiger partial charge in [0.1, 0.15) is 23.4 Å². The number of nitrogens with zero attached hydrogens (tertiary/aromatic N) is 1. The largest absolute Gasteiger partial charge is 0.508 e. The maximum absolute atomic E-state index is 13.4. The lowest BCUT2D eigenvalue weighted by Gasteiger charge is -2.34. The van der Waals surface area contributed by atoms with Gasteiger partial charge in [0.15, 0.2) is 0 Å². The number of nitrogens with one attached hydrogen (secondary N) is 2. The number of benzene rings is 1. The number of carbonyl (C=O) groups is 3. The molecule has 0 heterocycles. The third-order valence-electron chi connectivity index (χ3n) is 4.41. The van der Waals surface area contributed by atoms with E-state index in [1.807, 2.05) is 20.8 Å². The van der Waals surface area contributed by atoms with E-state index in [0.29, 0.717) is 12.0 Å². The third kappa shape index (κ3) is 8.74. The number of ether oxygens (including phenoxy) is 1. The molecular formula is C23H37N3O6. The van der Waals surface area contributed by atoms with Crippen LogP contribution in [0, 0.1) is 0 Å². The Morgan fingerprint density at radius 3 is 2.16 bits per heavy atom. The summed E-state index contributed by atoms with van der Waals surface area (Å²) in [5.41, 5.74) is -0.278. The van der Waals surface area contributed by atoms with Crippen LogP contribution in [0.15, 0.2) is 24.3 Å². The highest BCUT2D eigenvalue weighted by atomic mass is 16.6. The molecule has 4 N–H and O–H groups in total. The first-order valence-corrected chi connectivity index (χ1v) is 10.9. The first kappa shape index (κ1) is 27.2. The SMILES string of the molecule is CCCCN(C(=O)C(CO)NC(=O)OC(C)(C)C)C(C(=O)NC(C)C)c1ccc(O)cc1. The zero-order chi connectivity index (χ0) is 24.5. The molecule has 3 amide bonds. The first-order chi connectivity index (χ1) is 14.9. The molecule has 9 nitrogen and oxygen atoms in total. The van der Waals surface area contributed by atoms with Crippen molar-refractivity contribution in [2.45, 2.75) is 78.1 Å². The molecule has 0 aliphatic heterocycles. The van der Waals surface area contributed by atoms with Crippen molar-refractivity contribution in [2.24, 2.45) is 0 Å². The van der Waals surface area contributed by atoms with E-state index in [-0.39, 0.29) is 18.3 Å². The number of amides is 3. The van der Waals surface area contributed by atoms with E-state index in [1.165, 1.54) is 17.0 Å². The van der Waals surface area contributed by atoms with Crippen molar-refractivity contribution in [3.8, 4) is 5.75 Å². The Labute approximate surface area is 190 Å². The summed E-state index contributed by atoms with van der Waals surface area (Å²) in [4.78, 5) is 40.1. The van der Waals surface area contributed by atoms with Gasteiger partial charge in [0, 0.05) is 12.6 Å². The van der Waals surface area contributed by atoms with Crippen LogP contribution in [0.25, 0.3) is 0 Å². The molecule has 0 bridgehead atoms. The Morgan fingerprint density at radius 1 is 1.09 bits per heavy atom. The lowest BCUT2D eigenvalue weighted by atomic mass is 10.0. The third-order valence-corrected chi connectivity index (χ3v) is 4.41. The van der Waals surface area contributed by atoms with Gasteiger partial charge in [0.25, 0.3) is 0 Å². The zero-order valence-electron chi connectivity index (χ0n) is 19.8. The Balaban J connectivity index is 3.31. The maximum atomic E-state index is 13.4. The number of hydrogen-bond acceptors (Lipinski definition) is 6. The van der Waals surface area contributed by atoms with E-state index >= 15 is 0 Å². The lowest BCUT2D eigenvalue weighted by Crippen LogP contribution is -2.55. The van der Waals surface area contributed by atoms with Crippen molar-refractivity contribution in [1.29, 1.82) is 0 Å². The van der Waals surface area contributed by atoms with Crippen LogP contribution in [0.5, 0.6) is 5.75 Å². The van der Waals surface area contributed by atoms with Gasteiger partial charge in [-0.3, -0.25) is 9.59 Å². The van der Waals surface area contributed by atoms with Crippen molar-refractivity contribution < 1.29 is 29.3 Å². The average Bonchev–Trinajstić information content (AvgIpc) is 2.67.